The molecule has 112 valence electrons. The van der Waals surface area contributed by atoms with Crippen molar-refractivity contribution in [3.05, 3.63) is 68.7 Å². The van der Waals surface area contributed by atoms with E-state index < -0.39 is 29.7 Å². The fraction of sp³-hybridized carbons (Fsp3) is 0.231. The van der Waals surface area contributed by atoms with Crippen LogP contribution in [0, 0.1) is 5.82 Å². The fourth-order valence-electron chi connectivity index (χ4n) is 1.82. The lowest BCUT2D eigenvalue weighted by molar-refractivity contribution is -0.141. The molecule has 0 aliphatic carbocycles. The summed E-state index contributed by atoms with van der Waals surface area (Å²) in [6.45, 7) is -1.62. The van der Waals surface area contributed by atoms with Crippen molar-refractivity contribution in [3.63, 3.8) is 0 Å². The van der Waals surface area contributed by atoms with Gasteiger partial charge in [0.1, 0.15) is 12.4 Å². The van der Waals surface area contributed by atoms with E-state index in [-0.39, 0.29) is 6.54 Å². The highest BCUT2D eigenvalue weighted by atomic mass is 19.4. The van der Waals surface area contributed by atoms with Crippen LogP contribution in [0.1, 0.15) is 5.56 Å². The monoisotopic (exact) mass is 302 g/mol. The minimum Gasteiger partial charge on any atom is -0.305 e. The number of alkyl halides is 3. The Morgan fingerprint density at radius 2 is 1.62 bits per heavy atom. The number of hydrogen-bond acceptors (Lipinski definition) is 2. The topological polar surface area (TPSA) is 44.0 Å². The Bertz CT molecular complexity index is 762. The van der Waals surface area contributed by atoms with E-state index in [1.807, 2.05) is 0 Å². The van der Waals surface area contributed by atoms with Gasteiger partial charge in [-0.2, -0.15) is 13.2 Å². The second-order valence-corrected chi connectivity index (χ2v) is 4.41. The van der Waals surface area contributed by atoms with E-state index in [4.69, 9.17) is 0 Å². The molecular formula is C13H10F4N2O2. The summed E-state index contributed by atoms with van der Waals surface area (Å²) in [5, 5.41) is 0. The van der Waals surface area contributed by atoms with Crippen LogP contribution in [0.3, 0.4) is 0 Å². The van der Waals surface area contributed by atoms with E-state index in [9.17, 15) is 27.2 Å². The van der Waals surface area contributed by atoms with Crippen molar-refractivity contribution in [1.29, 1.82) is 0 Å². The molecule has 0 radical (unpaired) electrons. The minimum atomic E-state index is -4.59. The van der Waals surface area contributed by atoms with Gasteiger partial charge in [-0.25, -0.2) is 4.39 Å². The highest BCUT2D eigenvalue weighted by molar-refractivity contribution is 5.16. The number of nitrogens with zero attached hydrogens (tertiary/aromatic N) is 2. The Morgan fingerprint density at radius 3 is 2.24 bits per heavy atom. The summed E-state index contributed by atoms with van der Waals surface area (Å²) in [6.07, 6.45) is -2.64. The maximum Gasteiger partial charge on any atom is 0.406 e. The molecule has 0 saturated heterocycles. The van der Waals surface area contributed by atoms with Crippen molar-refractivity contribution in [2.75, 3.05) is 0 Å². The molecule has 2 rings (SSSR count). The van der Waals surface area contributed by atoms with Crippen molar-refractivity contribution < 1.29 is 17.6 Å². The first kappa shape index (κ1) is 15.0. The Kier molecular flexibility index (Phi) is 3.97. The van der Waals surface area contributed by atoms with E-state index in [1.165, 1.54) is 24.3 Å². The number of halogens is 4. The summed E-state index contributed by atoms with van der Waals surface area (Å²) in [5.41, 5.74) is -1.94. The molecule has 0 unspecified atom stereocenters. The third-order valence-electron chi connectivity index (χ3n) is 2.72. The third kappa shape index (κ3) is 3.80. The van der Waals surface area contributed by atoms with Gasteiger partial charge >= 0.3 is 17.3 Å². The minimum absolute atomic E-state index is 0.0985. The predicted molar refractivity (Wildman–Crippen MR) is 66.5 cm³/mol. The zero-order chi connectivity index (χ0) is 15.6. The summed E-state index contributed by atoms with van der Waals surface area (Å²) in [4.78, 5) is 23.3. The second kappa shape index (κ2) is 5.55. The van der Waals surface area contributed by atoms with Gasteiger partial charge in [0.05, 0.1) is 6.54 Å². The molecule has 0 N–H and O–H groups in total. The Labute approximate surface area is 115 Å². The van der Waals surface area contributed by atoms with Crippen molar-refractivity contribution in [2.24, 2.45) is 0 Å². The maximum atomic E-state index is 13.0. The van der Waals surface area contributed by atoms with Crippen LogP contribution in [0.15, 0.2) is 46.2 Å². The molecule has 21 heavy (non-hydrogen) atoms. The molecule has 8 heteroatoms. The maximum absolute atomic E-state index is 13.0. The molecule has 1 aromatic carbocycles. The summed E-state index contributed by atoms with van der Waals surface area (Å²) >= 11 is 0. The molecular weight excluding hydrogens is 292 g/mol. The number of benzene rings is 1. The lowest BCUT2D eigenvalue weighted by Crippen LogP contribution is -2.42. The van der Waals surface area contributed by atoms with Crippen LogP contribution in [-0.2, 0) is 13.1 Å². The largest absolute Gasteiger partial charge is 0.406 e. The van der Waals surface area contributed by atoms with Gasteiger partial charge in [0.25, 0.3) is 0 Å². The average molecular weight is 302 g/mol. The van der Waals surface area contributed by atoms with Crippen molar-refractivity contribution in [2.45, 2.75) is 19.3 Å². The Morgan fingerprint density at radius 1 is 1.00 bits per heavy atom. The van der Waals surface area contributed by atoms with E-state index in [1.54, 1.807) is 0 Å². The first-order chi connectivity index (χ1) is 9.76. The summed E-state index contributed by atoms with van der Waals surface area (Å²) < 4.78 is 51.0. The highest BCUT2D eigenvalue weighted by Gasteiger charge is 2.28. The van der Waals surface area contributed by atoms with Gasteiger partial charge in [-0.1, -0.05) is 12.1 Å². The fourth-order valence-corrected chi connectivity index (χ4v) is 1.82. The molecule has 0 spiro atoms. The Balaban J connectivity index is 2.33. The van der Waals surface area contributed by atoms with Crippen LogP contribution in [0.2, 0.25) is 0 Å². The zero-order valence-electron chi connectivity index (χ0n) is 10.6. The molecule has 2 aromatic rings. The molecule has 0 aliphatic heterocycles. The van der Waals surface area contributed by atoms with E-state index in [0.717, 1.165) is 17.0 Å². The lowest BCUT2D eigenvalue weighted by atomic mass is 10.2. The molecule has 0 saturated carbocycles. The third-order valence-corrected chi connectivity index (χ3v) is 2.72. The van der Waals surface area contributed by atoms with Gasteiger partial charge in [0.15, 0.2) is 0 Å². The SMILES string of the molecule is O=c1c(=O)n(CC(F)(F)F)ccn1Cc1cccc(F)c1. The van der Waals surface area contributed by atoms with Crippen LogP contribution in [0.25, 0.3) is 0 Å². The zero-order valence-corrected chi connectivity index (χ0v) is 10.6. The number of rotatable bonds is 3. The Hall–Kier alpha value is -2.38. The molecule has 4 nitrogen and oxygen atoms in total. The van der Waals surface area contributed by atoms with Crippen molar-refractivity contribution in [3.8, 4) is 0 Å². The molecule has 0 amide bonds. The van der Waals surface area contributed by atoms with Crippen LogP contribution in [0.5, 0.6) is 0 Å². The van der Waals surface area contributed by atoms with Crippen molar-refractivity contribution >= 4 is 0 Å². The van der Waals surface area contributed by atoms with Gasteiger partial charge in [-0.3, -0.25) is 9.59 Å². The second-order valence-electron chi connectivity index (χ2n) is 4.41. The van der Waals surface area contributed by atoms with Gasteiger partial charge in [0.2, 0.25) is 0 Å². The first-order valence-electron chi connectivity index (χ1n) is 5.87. The van der Waals surface area contributed by atoms with E-state index in [0.29, 0.717) is 10.1 Å². The van der Waals surface area contributed by atoms with Crippen LogP contribution in [0.4, 0.5) is 17.6 Å². The van der Waals surface area contributed by atoms with Crippen LogP contribution in [-0.4, -0.2) is 15.3 Å². The molecule has 0 fully saturated rings. The average Bonchev–Trinajstić information content (AvgIpc) is 2.37. The highest BCUT2D eigenvalue weighted by Crippen LogP contribution is 2.15. The summed E-state index contributed by atoms with van der Waals surface area (Å²) in [7, 11) is 0. The summed E-state index contributed by atoms with van der Waals surface area (Å²) in [6, 6.07) is 5.36. The quantitative estimate of drug-likeness (QED) is 0.640. The van der Waals surface area contributed by atoms with E-state index >= 15 is 0 Å². The van der Waals surface area contributed by atoms with Crippen LogP contribution >= 0.6 is 0 Å². The molecule has 0 aliphatic rings. The van der Waals surface area contributed by atoms with E-state index in [2.05, 4.69) is 0 Å². The lowest BCUT2D eigenvalue weighted by Gasteiger charge is -2.11. The molecule has 0 bridgehead atoms. The number of aromatic nitrogens is 2. The summed E-state index contributed by atoms with van der Waals surface area (Å²) in [5.74, 6) is -0.508. The molecule has 1 aromatic heterocycles. The number of hydrogen-bond donors (Lipinski definition) is 0. The molecule has 1 heterocycles. The standard InChI is InChI=1S/C13H10F4N2O2/c14-10-3-1-2-9(6-10)7-18-4-5-19(8-13(15,16)17)12(21)11(18)20/h1-6H,7-8H2. The smallest absolute Gasteiger partial charge is 0.305 e. The predicted octanol–water partition coefficient (Wildman–Crippen LogP) is 1.76. The van der Waals surface area contributed by atoms with Gasteiger partial charge in [0, 0.05) is 12.4 Å². The first-order valence-corrected chi connectivity index (χ1v) is 5.87. The normalized spacial score (nSPS) is 11.6. The van der Waals surface area contributed by atoms with Crippen LogP contribution < -0.4 is 11.1 Å². The van der Waals surface area contributed by atoms with Gasteiger partial charge in [-0.05, 0) is 17.7 Å². The van der Waals surface area contributed by atoms with Gasteiger partial charge in [-0.15, -0.1) is 0 Å². The molecule has 0 atom stereocenters. The van der Waals surface area contributed by atoms with Gasteiger partial charge < -0.3 is 9.13 Å². The van der Waals surface area contributed by atoms with Crippen molar-refractivity contribution in [1.82, 2.24) is 9.13 Å².